The summed E-state index contributed by atoms with van der Waals surface area (Å²) in [6.45, 7) is 0. The third-order valence-corrected chi connectivity index (χ3v) is 2.61. The smallest absolute Gasteiger partial charge is 0.421 e. The summed E-state index contributed by atoms with van der Waals surface area (Å²) < 4.78 is 16.2. The molecule has 6 nitrogen and oxygen atoms in total. The Morgan fingerprint density at radius 2 is 2.16 bits per heavy atom. The molecule has 19 heavy (non-hydrogen) atoms. The van der Waals surface area contributed by atoms with Gasteiger partial charge in [-0.2, -0.15) is 0 Å². The first kappa shape index (κ1) is 13.2. The molecule has 0 atom stereocenters. The predicted octanol–water partition coefficient (Wildman–Crippen LogP) is 2.95. The van der Waals surface area contributed by atoms with Gasteiger partial charge in [-0.3, -0.25) is 0 Å². The summed E-state index contributed by atoms with van der Waals surface area (Å²) in [6.07, 6.45) is 2.25. The Kier molecular flexibility index (Phi) is 3.91. The van der Waals surface area contributed by atoms with E-state index in [0.29, 0.717) is 16.5 Å². The van der Waals surface area contributed by atoms with E-state index in [9.17, 15) is 4.79 Å². The molecule has 0 saturated carbocycles. The molecule has 0 saturated heterocycles. The maximum absolute atomic E-state index is 11.4. The maximum atomic E-state index is 11.4. The van der Waals surface area contributed by atoms with Crippen LogP contribution in [0.4, 0.5) is 4.79 Å². The Morgan fingerprint density at radius 3 is 2.79 bits per heavy atom. The van der Waals surface area contributed by atoms with Crippen molar-refractivity contribution in [3.8, 4) is 17.5 Å². The van der Waals surface area contributed by atoms with Crippen molar-refractivity contribution in [3.63, 3.8) is 0 Å². The van der Waals surface area contributed by atoms with Gasteiger partial charge in [0.15, 0.2) is 0 Å². The summed E-state index contributed by atoms with van der Waals surface area (Å²) in [5, 5.41) is 0.346. The minimum atomic E-state index is -0.600. The molecule has 0 bridgehead atoms. The van der Waals surface area contributed by atoms with E-state index < -0.39 is 6.09 Å². The van der Waals surface area contributed by atoms with Crippen molar-refractivity contribution in [2.75, 3.05) is 14.2 Å². The second-order valence-corrected chi connectivity index (χ2v) is 3.86. The molecule has 0 spiro atoms. The Bertz CT molecular complexity index is 597. The number of carbonyl (C=O) groups excluding carboxylic acids is 1. The van der Waals surface area contributed by atoms with Crippen LogP contribution >= 0.6 is 11.6 Å². The van der Waals surface area contributed by atoms with Gasteiger partial charge in [-0.05, 0) is 12.1 Å². The summed E-state index contributed by atoms with van der Waals surface area (Å²) >= 11 is 6.03. The highest BCUT2D eigenvalue weighted by molar-refractivity contribution is 6.32. The lowest BCUT2D eigenvalue weighted by Crippen LogP contribution is -2.11. The molecule has 1 heterocycles. The number of ether oxygens (including phenoxy) is 3. The first-order chi connectivity index (χ1) is 9.15. The highest BCUT2D eigenvalue weighted by Crippen LogP contribution is 2.31. The van der Waals surface area contributed by atoms with Gasteiger partial charge in [0.1, 0.15) is 11.5 Å². The largest absolute Gasteiger partial charge is 0.497 e. The van der Waals surface area contributed by atoms with Crippen molar-refractivity contribution in [2.24, 2.45) is 0 Å². The van der Waals surface area contributed by atoms with Gasteiger partial charge < -0.3 is 14.2 Å². The number of hydrogen-bond acceptors (Lipinski definition) is 5. The number of carbonyl (C=O) groups is 1. The second kappa shape index (κ2) is 5.62. The first-order valence-corrected chi connectivity index (χ1v) is 5.66. The summed E-state index contributed by atoms with van der Waals surface area (Å²) in [7, 11) is 2.81. The van der Waals surface area contributed by atoms with Crippen molar-refractivity contribution in [2.45, 2.75) is 0 Å². The molecular formula is C12H11ClN2O4. The number of aromatic nitrogens is 2. The fraction of sp³-hybridized carbons (Fsp3) is 0.167. The van der Waals surface area contributed by atoms with E-state index in [2.05, 4.69) is 9.72 Å². The summed E-state index contributed by atoms with van der Waals surface area (Å²) in [5.41, 5.74) is 0. The molecule has 2 rings (SSSR count). The van der Waals surface area contributed by atoms with E-state index in [0.717, 1.165) is 4.57 Å². The van der Waals surface area contributed by atoms with E-state index in [-0.39, 0.29) is 6.01 Å². The first-order valence-electron chi connectivity index (χ1n) is 5.28. The fourth-order valence-electron chi connectivity index (χ4n) is 1.39. The Labute approximate surface area is 114 Å². The van der Waals surface area contributed by atoms with Gasteiger partial charge in [-0.1, -0.05) is 11.6 Å². The van der Waals surface area contributed by atoms with Gasteiger partial charge in [-0.15, -0.1) is 0 Å². The highest BCUT2D eigenvalue weighted by atomic mass is 35.5. The lowest BCUT2D eigenvalue weighted by atomic mass is 10.3. The number of nitrogens with zero attached hydrogens (tertiary/aromatic N) is 2. The average Bonchev–Trinajstić information content (AvgIpc) is 2.88. The zero-order chi connectivity index (χ0) is 13.8. The summed E-state index contributed by atoms with van der Waals surface area (Å²) in [6, 6.07) is 4.98. The number of rotatable bonds is 3. The van der Waals surface area contributed by atoms with Crippen molar-refractivity contribution >= 4 is 17.7 Å². The maximum Gasteiger partial charge on any atom is 0.421 e. The number of benzene rings is 1. The quantitative estimate of drug-likeness (QED) is 0.866. The van der Waals surface area contributed by atoms with E-state index in [1.165, 1.54) is 26.6 Å². The number of imidazole rings is 1. The molecule has 100 valence electrons. The van der Waals surface area contributed by atoms with Crippen molar-refractivity contribution in [1.82, 2.24) is 9.55 Å². The fourth-order valence-corrected chi connectivity index (χ4v) is 1.60. The van der Waals surface area contributed by atoms with Crippen LogP contribution in [0, 0.1) is 0 Å². The van der Waals surface area contributed by atoms with Gasteiger partial charge in [0.2, 0.25) is 0 Å². The van der Waals surface area contributed by atoms with Crippen molar-refractivity contribution < 1.29 is 19.0 Å². The molecule has 0 aliphatic heterocycles. The van der Waals surface area contributed by atoms with Crippen molar-refractivity contribution in [1.29, 1.82) is 0 Å². The molecule has 2 aromatic rings. The third kappa shape index (κ3) is 2.79. The highest BCUT2D eigenvalue weighted by Gasteiger charge is 2.14. The minimum absolute atomic E-state index is 0.0684. The van der Waals surface area contributed by atoms with E-state index in [4.69, 9.17) is 21.1 Å². The molecule has 7 heteroatoms. The Morgan fingerprint density at radius 1 is 1.37 bits per heavy atom. The zero-order valence-electron chi connectivity index (χ0n) is 10.3. The molecule has 1 aromatic heterocycles. The van der Waals surface area contributed by atoms with Gasteiger partial charge >= 0.3 is 12.1 Å². The Balaban J connectivity index is 2.27. The zero-order valence-corrected chi connectivity index (χ0v) is 11.0. The standard InChI is InChI=1S/C12H11ClN2O4/c1-17-8-3-4-10(9(13)7-8)19-11-14-5-6-15(11)12(16)18-2/h3-7H,1-2H3. The molecule has 0 radical (unpaired) electrons. The van der Waals surface area contributed by atoms with Crippen molar-refractivity contribution in [3.05, 3.63) is 35.6 Å². The number of methoxy groups -OCH3 is 2. The summed E-state index contributed by atoms with van der Waals surface area (Å²) in [4.78, 5) is 15.4. The second-order valence-electron chi connectivity index (χ2n) is 3.45. The average molecular weight is 283 g/mol. The molecule has 0 aliphatic carbocycles. The molecule has 0 amide bonds. The van der Waals surface area contributed by atoms with Crippen LogP contribution in [-0.4, -0.2) is 29.9 Å². The van der Waals surface area contributed by atoms with E-state index >= 15 is 0 Å². The topological polar surface area (TPSA) is 62.6 Å². The molecule has 0 aliphatic rings. The SMILES string of the molecule is COC(=O)n1ccnc1Oc1ccc(OC)cc1Cl. The molecular weight excluding hydrogens is 272 g/mol. The lowest BCUT2D eigenvalue weighted by Gasteiger charge is -2.09. The van der Waals surface area contributed by atoms with Crippen LogP contribution < -0.4 is 9.47 Å². The minimum Gasteiger partial charge on any atom is -0.497 e. The van der Waals surface area contributed by atoms with Gasteiger partial charge in [0.05, 0.1) is 19.2 Å². The molecule has 1 aromatic carbocycles. The Hall–Kier alpha value is -2.21. The molecule has 0 N–H and O–H groups in total. The predicted molar refractivity (Wildman–Crippen MR) is 68.1 cm³/mol. The van der Waals surface area contributed by atoms with Crippen LogP contribution in [0.1, 0.15) is 0 Å². The number of hydrogen-bond donors (Lipinski definition) is 0. The van der Waals surface area contributed by atoms with Gasteiger partial charge in [-0.25, -0.2) is 14.3 Å². The lowest BCUT2D eigenvalue weighted by molar-refractivity contribution is 0.170. The van der Waals surface area contributed by atoms with Crippen LogP contribution in [0.2, 0.25) is 5.02 Å². The van der Waals surface area contributed by atoms with Gasteiger partial charge in [0, 0.05) is 18.5 Å². The van der Waals surface area contributed by atoms with Gasteiger partial charge in [0.25, 0.3) is 0 Å². The van der Waals surface area contributed by atoms with Crippen LogP contribution in [0.15, 0.2) is 30.6 Å². The van der Waals surface area contributed by atoms with Crippen LogP contribution in [0.25, 0.3) is 0 Å². The number of halogens is 1. The van der Waals surface area contributed by atoms with Crippen LogP contribution in [0.3, 0.4) is 0 Å². The molecule has 0 unspecified atom stereocenters. The molecule has 0 fully saturated rings. The van der Waals surface area contributed by atoms with Crippen LogP contribution in [0.5, 0.6) is 17.5 Å². The monoisotopic (exact) mass is 282 g/mol. The normalized spacial score (nSPS) is 10.1. The van der Waals surface area contributed by atoms with Crippen LogP contribution in [-0.2, 0) is 4.74 Å². The van der Waals surface area contributed by atoms with E-state index in [1.807, 2.05) is 0 Å². The summed E-state index contributed by atoms with van der Waals surface area (Å²) in [5.74, 6) is 0.965. The van der Waals surface area contributed by atoms with E-state index in [1.54, 1.807) is 18.2 Å². The third-order valence-electron chi connectivity index (χ3n) is 2.32.